The highest BCUT2D eigenvalue weighted by atomic mass is 35.5. The maximum atomic E-state index is 13.1. The van der Waals surface area contributed by atoms with Gasteiger partial charge < -0.3 is 5.32 Å². The fraction of sp³-hybridized carbons (Fsp3) is 0.588. The summed E-state index contributed by atoms with van der Waals surface area (Å²) < 4.78 is 27.6. The summed E-state index contributed by atoms with van der Waals surface area (Å²) in [4.78, 5) is 14.0. The van der Waals surface area contributed by atoms with Crippen molar-refractivity contribution in [3.8, 4) is 0 Å². The molecule has 1 amide bonds. The van der Waals surface area contributed by atoms with Gasteiger partial charge in [0.25, 0.3) is 0 Å². The molecule has 1 saturated heterocycles. The van der Waals surface area contributed by atoms with Gasteiger partial charge in [0.15, 0.2) is 0 Å². The van der Waals surface area contributed by atoms with Gasteiger partial charge >= 0.3 is 0 Å². The number of carbonyl (C=O) groups excluding carboxylic acids is 1. The van der Waals surface area contributed by atoms with Crippen LogP contribution in [0.25, 0.3) is 0 Å². The van der Waals surface area contributed by atoms with Crippen LogP contribution in [0.15, 0.2) is 11.0 Å². The van der Waals surface area contributed by atoms with Gasteiger partial charge in [0, 0.05) is 37.2 Å². The molecule has 1 N–H and O–H groups in total. The number of benzene rings is 1. The molecule has 2 fully saturated rings. The number of piperazine rings is 1. The third-order valence-corrected chi connectivity index (χ3v) is 7.89. The van der Waals surface area contributed by atoms with Crippen LogP contribution < -0.4 is 5.32 Å². The number of rotatable bonds is 5. The lowest BCUT2D eigenvalue weighted by Gasteiger charge is -2.34. The van der Waals surface area contributed by atoms with Crippen molar-refractivity contribution < 1.29 is 13.2 Å². The van der Waals surface area contributed by atoms with E-state index in [0.29, 0.717) is 54.9 Å². The zero-order chi connectivity index (χ0) is 19.1. The van der Waals surface area contributed by atoms with Crippen molar-refractivity contribution in [1.82, 2.24) is 14.5 Å². The van der Waals surface area contributed by atoms with Crippen LogP contribution in [0.4, 0.5) is 0 Å². The average molecular weight is 420 g/mol. The third kappa shape index (κ3) is 4.17. The fourth-order valence-corrected chi connectivity index (χ4v) is 5.67. The second-order valence-electron chi connectivity index (χ2n) is 6.97. The highest BCUT2D eigenvalue weighted by molar-refractivity contribution is 7.89. The van der Waals surface area contributed by atoms with Crippen molar-refractivity contribution >= 4 is 39.1 Å². The highest BCUT2D eigenvalue weighted by Gasteiger charge is 2.33. The summed E-state index contributed by atoms with van der Waals surface area (Å²) >= 11 is 12.5. The molecule has 1 heterocycles. The Hall–Kier alpha value is -0.860. The molecule has 1 aliphatic carbocycles. The summed E-state index contributed by atoms with van der Waals surface area (Å²) in [6.45, 7) is 5.37. The molecule has 6 nitrogen and oxygen atoms in total. The van der Waals surface area contributed by atoms with Crippen molar-refractivity contribution in [3.63, 3.8) is 0 Å². The van der Waals surface area contributed by atoms with E-state index < -0.39 is 10.0 Å². The number of sulfonamides is 1. The van der Waals surface area contributed by atoms with Crippen LogP contribution in [0.2, 0.25) is 10.0 Å². The number of amides is 1. The van der Waals surface area contributed by atoms with E-state index in [2.05, 4.69) is 5.32 Å². The van der Waals surface area contributed by atoms with Crippen molar-refractivity contribution in [3.05, 3.63) is 27.2 Å². The fourth-order valence-electron chi connectivity index (χ4n) is 3.08. The molecular formula is C17H23Cl2N3O3S. The van der Waals surface area contributed by atoms with Gasteiger partial charge in [0.05, 0.1) is 11.6 Å². The number of halogens is 2. The van der Waals surface area contributed by atoms with Gasteiger partial charge in [-0.05, 0) is 43.9 Å². The van der Waals surface area contributed by atoms with Crippen molar-refractivity contribution in [1.29, 1.82) is 0 Å². The minimum absolute atomic E-state index is 0.00756. The van der Waals surface area contributed by atoms with Gasteiger partial charge in [0.1, 0.15) is 4.90 Å². The Morgan fingerprint density at radius 3 is 2.38 bits per heavy atom. The Morgan fingerprint density at radius 2 is 1.81 bits per heavy atom. The van der Waals surface area contributed by atoms with Gasteiger partial charge in [-0.25, -0.2) is 8.42 Å². The summed E-state index contributed by atoms with van der Waals surface area (Å²) in [5, 5.41) is 3.56. The highest BCUT2D eigenvalue weighted by Crippen LogP contribution is 2.35. The number of carbonyl (C=O) groups is 1. The summed E-state index contributed by atoms with van der Waals surface area (Å²) in [6.07, 6.45) is 2.11. The van der Waals surface area contributed by atoms with Crippen LogP contribution in [0.3, 0.4) is 0 Å². The topological polar surface area (TPSA) is 69.7 Å². The van der Waals surface area contributed by atoms with E-state index in [9.17, 15) is 13.2 Å². The van der Waals surface area contributed by atoms with Crippen LogP contribution in [0, 0.1) is 13.8 Å². The molecule has 0 unspecified atom stereocenters. The van der Waals surface area contributed by atoms with E-state index in [1.54, 1.807) is 19.9 Å². The number of hydrogen-bond donors (Lipinski definition) is 1. The quantitative estimate of drug-likeness (QED) is 0.793. The molecule has 1 saturated carbocycles. The first-order valence-corrected chi connectivity index (χ1v) is 10.9. The minimum atomic E-state index is -3.74. The molecule has 0 spiro atoms. The largest absolute Gasteiger partial charge is 0.352 e. The molecule has 0 aromatic heterocycles. The van der Waals surface area contributed by atoms with Crippen molar-refractivity contribution in [2.75, 3.05) is 32.7 Å². The first-order valence-electron chi connectivity index (χ1n) is 8.67. The second-order valence-corrected chi connectivity index (χ2v) is 9.63. The first-order chi connectivity index (χ1) is 12.2. The Labute approximate surface area is 164 Å². The molecule has 9 heteroatoms. The number of nitrogens with zero attached hydrogens (tertiary/aromatic N) is 2. The normalized spacial score (nSPS) is 19.5. The Kier molecular flexibility index (Phi) is 5.84. The zero-order valence-electron chi connectivity index (χ0n) is 14.9. The molecule has 1 aliphatic heterocycles. The standard InChI is InChI=1S/C17H23Cl2N3O3S/c1-11-9-14(18)12(2)17(16(11)19)26(24,25)22-7-5-21(6-8-22)10-15(23)20-13-3-4-13/h9,13H,3-8,10H2,1-2H3,(H,20,23). The van der Waals surface area contributed by atoms with Crippen LogP contribution in [-0.4, -0.2) is 62.3 Å². The van der Waals surface area contributed by atoms with E-state index in [-0.39, 0.29) is 15.8 Å². The second kappa shape index (κ2) is 7.64. The lowest BCUT2D eigenvalue weighted by Crippen LogP contribution is -2.51. The maximum Gasteiger partial charge on any atom is 0.244 e. The lowest BCUT2D eigenvalue weighted by molar-refractivity contribution is -0.122. The van der Waals surface area contributed by atoms with Gasteiger partial charge in [-0.3, -0.25) is 9.69 Å². The number of hydrogen-bond acceptors (Lipinski definition) is 4. The molecular weight excluding hydrogens is 397 g/mol. The van der Waals surface area contributed by atoms with E-state index in [1.807, 2.05) is 4.90 Å². The van der Waals surface area contributed by atoms with Gasteiger partial charge in [-0.15, -0.1) is 0 Å². The van der Waals surface area contributed by atoms with E-state index in [1.165, 1.54) is 4.31 Å². The lowest BCUT2D eigenvalue weighted by atomic mass is 10.2. The zero-order valence-corrected chi connectivity index (χ0v) is 17.2. The SMILES string of the molecule is Cc1cc(Cl)c(C)c(S(=O)(=O)N2CCN(CC(=O)NC3CC3)CC2)c1Cl. The minimum Gasteiger partial charge on any atom is -0.352 e. The monoisotopic (exact) mass is 419 g/mol. The van der Waals surface area contributed by atoms with Gasteiger partial charge in [0.2, 0.25) is 15.9 Å². The molecule has 3 rings (SSSR count). The summed E-state index contributed by atoms with van der Waals surface area (Å²) in [6, 6.07) is 2.01. The Balaban J connectivity index is 1.69. The van der Waals surface area contributed by atoms with Crippen LogP contribution >= 0.6 is 23.2 Å². The molecule has 0 radical (unpaired) electrons. The predicted molar refractivity (Wildman–Crippen MR) is 102 cm³/mol. The van der Waals surface area contributed by atoms with E-state index in [0.717, 1.165) is 12.8 Å². The maximum absolute atomic E-state index is 13.1. The van der Waals surface area contributed by atoms with Gasteiger partial charge in [-0.2, -0.15) is 4.31 Å². The third-order valence-electron chi connectivity index (χ3n) is 4.83. The Bertz CT molecular complexity index is 791. The molecule has 2 aliphatic rings. The number of aryl methyl sites for hydroxylation is 1. The summed E-state index contributed by atoms with van der Waals surface area (Å²) in [5.74, 6) is 0.00756. The Morgan fingerprint density at radius 1 is 1.19 bits per heavy atom. The van der Waals surface area contributed by atoms with Crippen LogP contribution in [0.5, 0.6) is 0 Å². The average Bonchev–Trinajstić information content (AvgIpc) is 3.37. The summed E-state index contributed by atoms with van der Waals surface area (Å²) in [7, 11) is -3.74. The molecule has 0 atom stereocenters. The molecule has 1 aromatic carbocycles. The van der Waals surface area contributed by atoms with Crippen molar-refractivity contribution in [2.45, 2.75) is 37.6 Å². The van der Waals surface area contributed by atoms with Crippen LogP contribution in [0.1, 0.15) is 24.0 Å². The molecule has 1 aromatic rings. The van der Waals surface area contributed by atoms with Crippen molar-refractivity contribution in [2.24, 2.45) is 0 Å². The first kappa shape index (κ1) is 19.9. The van der Waals surface area contributed by atoms with Gasteiger partial charge in [-0.1, -0.05) is 23.2 Å². The van der Waals surface area contributed by atoms with Crippen LogP contribution in [-0.2, 0) is 14.8 Å². The molecule has 0 bridgehead atoms. The molecule has 144 valence electrons. The molecule has 26 heavy (non-hydrogen) atoms. The summed E-state index contributed by atoms with van der Waals surface area (Å²) in [5.41, 5.74) is 1.10. The van der Waals surface area contributed by atoms with E-state index >= 15 is 0 Å². The smallest absolute Gasteiger partial charge is 0.244 e. The van der Waals surface area contributed by atoms with E-state index in [4.69, 9.17) is 23.2 Å². The predicted octanol–water partition coefficient (Wildman–Crippen LogP) is 2.20. The number of nitrogens with one attached hydrogen (secondary N) is 1.